The summed E-state index contributed by atoms with van der Waals surface area (Å²) < 4.78 is 0. The Morgan fingerprint density at radius 3 is 1.36 bits per heavy atom. The molecular weight excluding hydrogens is 504 g/mol. The van der Waals surface area contributed by atoms with Gasteiger partial charge in [-0.2, -0.15) is 0 Å². The molecule has 10 aromatic rings. The first-order valence-electron chi connectivity index (χ1n) is 14.7. The van der Waals surface area contributed by atoms with Crippen molar-refractivity contribution in [1.29, 1.82) is 0 Å². The first kappa shape index (κ1) is 22.3. The fourth-order valence-electron chi connectivity index (χ4n) is 7.80. The smallest absolute Gasteiger partial charge is 0.00139 e. The normalized spacial score (nSPS) is 12.3. The summed E-state index contributed by atoms with van der Waals surface area (Å²) in [5.74, 6) is 0. The van der Waals surface area contributed by atoms with Gasteiger partial charge >= 0.3 is 0 Å². The highest BCUT2D eigenvalue weighted by molar-refractivity contribution is 6.35. The van der Waals surface area contributed by atoms with E-state index in [0.717, 1.165) is 0 Å². The van der Waals surface area contributed by atoms with E-state index in [0.29, 0.717) is 0 Å². The second-order valence-electron chi connectivity index (χ2n) is 11.6. The molecule has 192 valence electrons. The van der Waals surface area contributed by atoms with E-state index in [-0.39, 0.29) is 0 Å². The SMILES string of the molecule is c1ccc(-c2ccc3cccc4c5cccc6cccc(c2c34)c65)c(-c2ccc3ccc4cccc5ccc2c3c45)c1. The molecule has 0 radical (unpaired) electrons. The van der Waals surface area contributed by atoms with Gasteiger partial charge in [-0.3, -0.25) is 0 Å². The van der Waals surface area contributed by atoms with Crippen LogP contribution in [0.25, 0.3) is 97.7 Å². The third-order valence-corrected chi connectivity index (χ3v) is 9.55. The average molecular weight is 529 g/mol. The molecule has 0 bridgehead atoms. The van der Waals surface area contributed by atoms with Crippen LogP contribution in [0.5, 0.6) is 0 Å². The van der Waals surface area contributed by atoms with Crippen LogP contribution < -0.4 is 0 Å². The molecule has 0 N–H and O–H groups in total. The second-order valence-corrected chi connectivity index (χ2v) is 11.6. The van der Waals surface area contributed by atoms with Crippen LogP contribution in [0.15, 0.2) is 146 Å². The Bertz CT molecular complexity index is 2650. The van der Waals surface area contributed by atoms with Gasteiger partial charge in [0.2, 0.25) is 0 Å². The molecule has 0 aliphatic carbocycles. The summed E-state index contributed by atoms with van der Waals surface area (Å²) in [6.07, 6.45) is 0. The maximum Gasteiger partial charge on any atom is -0.00139 e. The van der Waals surface area contributed by atoms with E-state index < -0.39 is 0 Å². The van der Waals surface area contributed by atoms with Crippen molar-refractivity contribution < 1.29 is 0 Å². The highest BCUT2D eigenvalue weighted by Gasteiger charge is 2.19. The average Bonchev–Trinajstić information content (AvgIpc) is 3.06. The molecule has 0 saturated heterocycles. The van der Waals surface area contributed by atoms with Gasteiger partial charge in [-0.1, -0.05) is 146 Å². The molecule has 0 spiro atoms. The van der Waals surface area contributed by atoms with Crippen molar-refractivity contribution in [3.8, 4) is 22.3 Å². The Hall–Kier alpha value is -5.46. The third-order valence-electron chi connectivity index (χ3n) is 9.55. The molecule has 0 amide bonds. The minimum atomic E-state index is 1.27. The fraction of sp³-hybridized carbons (Fsp3) is 0. The number of hydrogen-bond acceptors (Lipinski definition) is 0. The summed E-state index contributed by atoms with van der Waals surface area (Å²) >= 11 is 0. The molecule has 0 atom stereocenters. The minimum absolute atomic E-state index is 1.27. The summed E-state index contributed by atoms with van der Waals surface area (Å²) in [5.41, 5.74) is 5.12. The molecule has 0 aromatic heterocycles. The van der Waals surface area contributed by atoms with Crippen LogP contribution >= 0.6 is 0 Å². The lowest BCUT2D eigenvalue weighted by Gasteiger charge is -2.20. The van der Waals surface area contributed by atoms with Crippen LogP contribution in [0.4, 0.5) is 0 Å². The lowest BCUT2D eigenvalue weighted by atomic mass is 9.83. The van der Waals surface area contributed by atoms with E-state index in [2.05, 4.69) is 146 Å². The van der Waals surface area contributed by atoms with Crippen molar-refractivity contribution in [3.05, 3.63) is 146 Å². The fourth-order valence-corrected chi connectivity index (χ4v) is 7.80. The first-order valence-corrected chi connectivity index (χ1v) is 14.7. The molecule has 0 heterocycles. The zero-order valence-corrected chi connectivity index (χ0v) is 22.9. The van der Waals surface area contributed by atoms with E-state index in [1.165, 1.54) is 97.7 Å². The molecule has 0 aliphatic heterocycles. The van der Waals surface area contributed by atoms with Crippen LogP contribution in [-0.2, 0) is 0 Å². The maximum atomic E-state index is 2.35. The zero-order chi connectivity index (χ0) is 27.4. The summed E-state index contributed by atoms with van der Waals surface area (Å²) in [6, 6.07) is 54.3. The Morgan fingerprint density at radius 2 is 0.643 bits per heavy atom. The molecule has 10 rings (SSSR count). The van der Waals surface area contributed by atoms with Crippen LogP contribution in [0.2, 0.25) is 0 Å². The number of hydrogen-bond donors (Lipinski definition) is 0. The van der Waals surface area contributed by atoms with E-state index in [1.807, 2.05) is 0 Å². The highest BCUT2D eigenvalue weighted by Crippen LogP contribution is 2.47. The maximum absolute atomic E-state index is 2.35. The predicted octanol–water partition coefficient (Wildman–Crippen LogP) is 12.0. The number of fused-ring (bicyclic) bond motifs is 2. The highest BCUT2D eigenvalue weighted by atomic mass is 14.2. The molecular formula is C42H24. The third kappa shape index (κ3) is 2.81. The molecule has 0 unspecified atom stereocenters. The van der Waals surface area contributed by atoms with Crippen LogP contribution in [0.3, 0.4) is 0 Å². The molecule has 10 aromatic carbocycles. The Labute approximate surface area is 242 Å². The Kier molecular flexibility index (Phi) is 4.27. The van der Waals surface area contributed by atoms with E-state index in [1.54, 1.807) is 0 Å². The largest absolute Gasteiger partial charge is 0.0616 e. The lowest BCUT2D eigenvalue weighted by molar-refractivity contribution is 1.64. The summed E-state index contributed by atoms with van der Waals surface area (Å²) in [4.78, 5) is 0. The van der Waals surface area contributed by atoms with Gasteiger partial charge in [0.25, 0.3) is 0 Å². The van der Waals surface area contributed by atoms with Gasteiger partial charge in [0.1, 0.15) is 0 Å². The van der Waals surface area contributed by atoms with Crippen molar-refractivity contribution in [1.82, 2.24) is 0 Å². The predicted molar refractivity (Wildman–Crippen MR) is 182 cm³/mol. The summed E-state index contributed by atoms with van der Waals surface area (Å²) in [5, 5.41) is 18.6. The summed E-state index contributed by atoms with van der Waals surface area (Å²) in [6.45, 7) is 0. The molecule has 0 heteroatoms. The van der Waals surface area contributed by atoms with Gasteiger partial charge in [-0.25, -0.2) is 0 Å². The van der Waals surface area contributed by atoms with Gasteiger partial charge in [-0.15, -0.1) is 0 Å². The van der Waals surface area contributed by atoms with Crippen LogP contribution in [0, 0.1) is 0 Å². The van der Waals surface area contributed by atoms with E-state index in [9.17, 15) is 0 Å². The number of benzene rings is 10. The number of rotatable bonds is 2. The van der Waals surface area contributed by atoms with Crippen molar-refractivity contribution in [2.24, 2.45) is 0 Å². The Morgan fingerprint density at radius 1 is 0.190 bits per heavy atom. The van der Waals surface area contributed by atoms with Gasteiger partial charge in [0.05, 0.1) is 0 Å². The van der Waals surface area contributed by atoms with E-state index >= 15 is 0 Å². The van der Waals surface area contributed by atoms with Gasteiger partial charge in [-0.05, 0) is 97.7 Å². The molecule has 0 aliphatic rings. The van der Waals surface area contributed by atoms with Crippen molar-refractivity contribution in [2.75, 3.05) is 0 Å². The van der Waals surface area contributed by atoms with Crippen molar-refractivity contribution >= 4 is 75.4 Å². The standard InChI is InChI=1S/C42H24/c1-2-13-31(30(12-1)32-22-19-29-18-17-26-7-3-8-27-20-23-35(32)40(29)38(26)27)36-24-21-28-11-5-15-34-33-14-4-9-25-10-6-16-37(39(25)33)42(36)41(28)34/h1-24H. The minimum Gasteiger partial charge on any atom is -0.0616 e. The van der Waals surface area contributed by atoms with Gasteiger partial charge in [0.15, 0.2) is 0 Å². The molecule has 0 nitrogen and oxygen atoms in total. The van der Waals surface area contributed by atoms with Crippen LogP contribution in [-0.4, -0.2) is 0 Å². The van der Waals surface area contributed by atoms with Gasteiger partial charge < -0.3 is 0 Å². The second kappa shape index (κ2) is 8.06. The van der Waals surface area contributed by atoms with Crippen molar-refractivity contribution in [3.63, 3.8) is 0 Å². The van der Waals surface area contributed by atoms with Crippen molar-refractivity contribution in [2.45, 2.75) is 0 Å². The van der Waals surface area contributed by atoms with Crippen LogP contribution in [0.1, 0.15) is 0 Å². The molecule has 42 heavy (non-hydrogen) atoms. The topological polar surface area (TPSA) is 0 Å². The molecule has 0 saturated carbocycles. The quantitative estimate of drug-likeness (QED) is 0.155. The Balaban J connectivity index is 1.36. The van der Waals surface area contributed by atoms with Gasteiger partial charge in [0, 0.05) is 0 Å². The monoisotopic (exact) mass is 528 g/mol. The molecule has 0 fully saturated rings. The lowest BCUT2D eigenvalue weighted by Crippen LogP contribution is -1.92. The van der Waals surface area contributed by atoms with E-state index in [4.69, 9.17) is 0 Å². The first-order chi connectivity index (χ1) is 20.8. The summed E-state index contributed by atoms with van der Waals surface area (Å²) in [7, 11) is 0. The zero-order valence-electron chi connectivity index (χ0n) is 22.9.